The Bertz CT molecular complexity index is 316. The van der Waals surface area contributed by atoms with Gasteiger partial charge in [-0.15, -0.1) is 0 Å². The molecule has 0 atom stereocenters. The van der Waals surface area contributed by atoms with Gasteiger partial charge in [0.25, 0.3) is 0 Å². The number of nitrogens with zero attached hydrogens (tertiary/aromatic N) is 4. The van der Waals surface area contributed by atoms with Crippen LogP contribution in [0, 0.1) is 11.3 Å². The minimum atomic E-state index is 0.451. The quantitative estimate of drug-likeness (QED) is 0.594. The SMILES string of the molecule is CN1CC(n2cncc2C#N)C1. The first-order valence-electron chi connectivity index (χ1n) is 3.91. The average molecular weight is 162 g/mol. The number of aromatic nitrogens is 2. The predicted molar refractivity (Wildman–Crippen MR) is 43.5 cm³/mol. The molecule has 0 unspecified atom stereocenters. The molecule has 0 spiro atoms. The Morgan fingerprint density at radius 1 is 1.67 bits per heavy atom. The van der Waals surface area contributed by atoms with Gasteiger partial charge in [-0.3, -0.25) is 0 Å². The Hall–Kier alpha value is -1.34. The van der Waals surface area contributed by atoms with Gasteiger partial charge in [0, 0.05) is 13.1 Å². The minimum Gasteiger partial charge on any atom is -0.317 e. The van der Waals surface area contributed by atoms with Gasteiger partial charge in [0.2, 0.25) is 0 Å². The maximum absolute atomic E-state index is 8.72. The molecule has 0 aromatic carbocycles. The van der Waals surface area contributed by atoms with Gasteiger partial charge in [-0.2, -0.15) is 5.26 Å². The van der Waals surface area contributed by atoms with Gasteiger partial charge in [-0.05, 0) is 7.05 Å². The lowest BCUT2D eigenvalue weighted by molar-refractivity contribution is 0.140. The van der Waals surface area contributed by atoms with E-state index in [-0.39, 0.29) is 0 Å². The number of imidazole rings is 1. The van der Waals surface area contributed by atoms with Crippen LogP contribution in [0.25, 0.3) is 0 Å². The molecule has 12 heavy (non-hydrogen) atoms. The summed E-state index contributed by atoms with van der Waals surface area (Å²) >= 11 is 0. The van der Waals surface area contributed by atoms with Crippen LogP contribution in [0.15, 0.2) is 12.5 Å². The highest BCUT2D eigenvalue weighted by Gasteiger charge is 2.25. The molecular formula is C8H10N4. The minimum absolute atomic E-state index is 0.451. The van der Waals surface area contributed by atoms with E-state index in [1.807, 2.05) is 4.57 Å². The third kappa shape index (κ3) is 0.990. The monoisotopic (exact) mass is 162 g/mol. The van der Waals surface area contributed by atoms with Gasteiger partial charge >= 0.3 is 0 Å². The number of hydrogen-bond donors (Lipinski definition) is 0. The Morgan fingerprint density at radius 3 is 3.00 bits per heavy atom. The highest BCUT2D eigenvalue weighted by atomic mass is 15.3. The first-order valence-corrected chi connectivity index (χ1v) is 3.91. The lowest BCUT2D eigenvalue weighted by Crippen LogP contribution is -2.44. The van der Waals surface area contributed by atoms with Crippen LogP contribution in [0.2, 0.25) is 0 Å². The molecule has 1 aliphatic rings. The zero-order valence-electron chi connectivity index (χ0n) is 6.94. The van der Waals surface area contributed by atoms with Gasteiger partial charge < -0.3 is 9.47 Å². The van der Waals surface area contributed by atoms with Crippen LogP contribution in [0.1, 0.15) is 11.7 Å². The summed E-state index contributed by atoms with van der Waals surface area (Å²) in [4.78, 5) is 6.16. The van der Waals surface area contributed by atoms with E-state index < -0.39 is 0 Å². The molecule has 0 bridgehead atoms. The van der Waals surface area contributed by atoms with Crippen molar-refractivity contribution in [3.05, 3.63) is 18.2 Å². The molecule has 0 aliphatic carbocycles. The molecule has 1 aromatic rings. The second-order valence-electron chi connectivity index (χ2n) is 3.17. The fraction of sp³-hybridized carbons (Fsp3) is 0.500. The summed E-state index contributed by atoms with van der Waals surface area (Å²) in [7, 11) is 2.07. The van der Waals surface area contributed by atoms with Crippen LogP contribution in [0.5, 0.6) is 0 Å². The van der Waals surface area contributed by atoms with Gasteiger partial charge in [-0.25, -0.2) is 4.98 Å². The fourth-order valence-corrected chi connectivity index (χ4v) is 1.52. The summed E-state index contributed by atoms with van der Waals surface area (Å²) in [5, 5.41) is 8.72. The largest absolute Gasteiger partial charge is 0.317 e. The summed E-state index contributed by atoms with van der Waals surface area (Å²) in [5.74, 6) is 0. The van der Waals surface area contributed by atoms with E-state index in [9.17, 15) is 0 Å². The van der Waals surface area contributed by atoms with Crippen molar-refractivity contribution in [2.24, 2.45) is 0 Å². The molecule has 0 N–H and O–H groups in total. The summed E-state index contributed by atoms with van der Waals surface area (Å²) in [6.45, 7) is 2.04. The predicted octanol–water partition coefficient (Wildman–Crippen LogP) is 0.241. The second-order valence-corrected chi connectivity index (χ2v) is 3.17. The van der Waals surface area contributed by atoms with Crippen molar-refractivity contribution < 1.29 is 0 Å². The highest BCUT2D eigenvalue weighted by Crippen LogP contribution is 2.20. The summed E-state index contributed by atoms with van der Waals surface area (Å²) in [6, 6.07) is 2.57. The van der Waals surface area contributed by atoms with Crippen molar-refractivity contribution in [2.75, 3.05) is 20.1 Å². The Morgan fingerprint density at radius 2 is 2.42 bits per heavy atom. The van der Waals surface area contributed by atoms with Gasteiger partial charge in [0.15, 0.2) is 0 Å². The molecule has 62 valence electrons. The Labute approximate surface area is 71.0 Å². The Kier molecular flexibility index (Phi) is 1.59. The molecule has 0 radical (unpaired) electrons. The maximum atomic E-state index is 8.72. The van der Waals surface area contributed by atoms with E-state index in [1.54, 1.807) is 12.5 Å². The van der Waals surface area contributed by atoms with E-state index in [0.717, 1.165) is 13.1 Å². The standard InChI is InChI=1S/C8H10N4/c1-11-4-8(5-11)12-6-10-3-7(12)2-9/h3,6,8H,4-5H2,1H3. The van der Waals surface area contributed by atoms with Crippen LogP contribution in [0.3, 0.4) is 0 Å². The molecule has 1 saturated heterocycles. The third-order valence-electron chi connectivity index (χ3n) is 2.22. The molecule has 1 fully saturated rings. The summed E-state index contributed by atoms with van der Waals surface area (Å²) in [5.41, 5.74) is 0.660. The molecule has 4 nitrogen and oxygen atoms in total. The van der Waals surface area contributed by atoms with E-state index in [0.29, 0.717) is 11.7 Å². The molecule has 1 aliphatic heterocycles. The van der Waals surface area contributed by atoms with Crippen molar-refractivity contribution >= 4 is 0 Å². The summed E-state index contributed by atoms with van der Waals surface area (Å²) < 4.78 is 1.94. The number of rotatable bonds is 1. The maximum Gasteiger partial charge on any atom is 0.140 e. The van der Waals surface area contributed by atoms with Crippen LogP contribution >= 0.6 is 0 Å². The topological polar surface area (TPSA) is 44.9 Å². The first-order chi connectivity index (χ1) is 5.81. The lowest BCUT2D eigenvalue weighted by Gasteiger charge is -2.37. The molecule has 1 aromatic heterocycles. The Balaban J connectivity index is 2.19. The van der Waals surface area contributed by atoms with Gasteiger partial charge in [0.1, 0.15) is 11.8 Å². The second kappa shape index (κ2) is 2.61. The zero-order valence-corrected chi connectivity index (χ0v) is 6.94. The van der Waals surface area contributed by atoms with Crippen LogP contribution in [0.4, 0.5) is 0 Å². The average Bonchev–Trinajstić information content (AvgIpc) is 2.45. The highest BCUT2D eigenvalue weighted by molar-refractivity contribution is 5.18. The molecule has 2 heterocycles. The number of nitriles is 1. The molecule has 2 rings (SSSR count). The lowest BCUT2D eigenvalue weighted by atomic mass is 10.1. The number of likely N-dealkylation sites (tertiary alicyclic amines) is 1. The summed E-state index contributed by atoms with van der Waals surface area (Å²) in [6.07, 6.45) is 3.34. The normalized spacial score (nSPS) is 18.7. The van der Waals surface area contributed by atoms with Crippen molar-refractivity contribution in [3.8, 4) is 6.07 Å². The first kappa shape index (κ1) is 7.32. The molecular weight excluding hydrogens is 152 g/mol. The zero-order chi connectivity index (χ0) is 8.55. The van der Waals surface area contributed by atoms with Crippen LogP contribution in [-0.2, 0) is 0 Å². The van der Waals surface area contributed by atoms with Crippen LogP contribution < -0.4 is 0 Å². The van der Waals surface area contributed by atoms with Crippen molar-refractivity contribution in [2.45, 2.75) is 6.04 Å². The number of likely N-dealkylation sites (N-methyl/N-ethyl adjacent to an activating group) is 1. The third-order valence-corrected chi connectivity index (χ3v) is 2.22. The number of hydrogen-bond acceptors (Lipinski definition) is 3. The van der Waals surface area contributed by atoms with Crippen LogP contribution in [-0.4, -0.2) is 34.6 Å². The van der Waals surface area contributed by atoms with E-state index in [4.69, 9.17) is 5.26 Å². The molecule has 0 saturated carbocycles. The van der Waals surface area contributed by atoms with Crippen molar-refractivity contribution in [1.82, 2.24) is 14.5 Å². The van der Waals surface area contributed by atoms with Crippen molar-refractivity contribution in [3.63, 3.8) is 0 Å². The fourth-order valence-electron chi connectivity index (χ4n) is 1.52. The van der Waals surface area contributed by atoms with E-state index in [1.165, 1.54) is 0 Å². The smallest absolute Gasteiger partial charge is 0.140 e. The van der Waals surface area contributed by atoms with E-state index >= 15 is 0 Å². The molecule has 4 heteroatoms. The van der Waals surface area contributed by atoms with Gasteiger partial charge in [0.05, 0.1) is 18.6 Å². The van der Waals surface area contributed by atoms with E-state index in [2.05, 4.69) is 23.0 Å². The molecule has 0 amide bonds. The van der Waals surface area contributed by atoms with Gasteiger partial charge in [-0.1, -0.05) is 0 Å². The van der Waals surface area contributed by atoms with Crippen molar-refractivity contribution in [1.29, 1.82) is 5.26 Å².